The molecule has 1 aromatic heterocycles. The molecule has 2 heterocycles. The molecular weight excluding hydrogens is 400 g/mol. The van der Waals surface area contributed by atoms with Crippen LogP contribution in [0.2, 0.25) is 5.02 Å². The molecule has 130 valence electrons. The first kappa shape index (κ1) is 18.1. The van der Waals surface area contributed by atoms with Gasteiger partial charge in [0.1, 0.15) is 11.6 Å². The molecule has 2 aromatic rings. The van der Waals surface area contributed by atoms with Crippen molar-refractivity contribution < 1.29 is 15.0 Å². The zero-order valence-electron chi connectivity index (χ0n) is 13.0. The number of hydrogen-bond donors (Lipinski definition) is 2. The largest absolute Gasteiger partial charge is 0.493 e. The molecule has 0 unspecified atom stereocenters. The van der Waals surface area contributed by atoms with Crippen LogP contribution < -0.4 is 4.90 Å². The summed E-state index contributed by atoms with van der Waals surface area (Å²) in [5, 5.41) is 20.6. The van der Waals surface area contributed by atoms with E-state index >= 15 is 0 Å². The molecule has 0 fully saturated rings. The zero-order valence-corrected chi connectivity index (χ0v) is 16.2. The Kier molecular flexibility index (Phi) is 5.27. The maximum atomic E-state index is 10.9. The number of halogens is 1. The number of hydrogen-bond acceptors (Lipinski definition) is 6. The molecule has 1 aliphatic rings. The Morgan fingerprint density at radius 2 is 2.24 bits per heavy atom. The number of fused-ring (bicyclic) bond motifs is 1. The van der Waals surface area contributed by atoms with Crippen LogP contribution in [-0.2, 0) is 11.3 Å². The van der Waals surface area contributed by atoms with Crippen LogP contribution in [0.3, 0.4) is 0 Å². The predicted molar refractivity (Wildman–Crippen MR) is 104 cm³/mol. The van der Waals surface area contributed by atoms with Crippen molar-refractivity contribution in [3.8, 4) is 5.88 Å². The third-order valence-electron chi connectivity index (χ3n) is 3.49. The highest BCUT2D eigenvalue weighted by Crippen LogP contribution is 2.46. The van der Waals surface area contributed by atoms with Crippen LogP contribution in [0.15, 0.2) is 33.9 Å². The fourth-order valence-corrected chi connectivity index (χ4v) is 4.82. The molecule has 0 saturated carbocycles. The highest BCUT2D eigenvalue weighted by molar-refractivity contribution is 8.03. The molecule has 0 amide bonds. The van der Waals surface area contributed by atoms with Crippen molar-refractivity contribution in [1.82, 2.24) is 4.57 Å². The Morgan fingerprint density at radius 1 is 1.48 bits per heavy atom. The van der Waals surface area contributed by atoms with E-state index < -0.39 is 5.97 Å². The lowest BCUT2D eigenvalue weighted by molar-refractivity contribution is -0.137. The monoisotopic (exact) mass is 412 g/mol. The summed E-state index contributed by atoms with van der Waals surface area (Å²) in [7, 11) is 0. The Hall–Kier alpha value is -1.70. The molecule has 0 saturated heterocycles. The SMILES string of the molecule is CCN1C(=C=Cc2sc(=S)n(CC(=O)O)c2O)Sc2ccc(Cl)cc21. The number of carboxylic acid groups (broad SMARTS) is 1. The Morgan fingerprint density at radius 3 is 2.92 bits per heavy atom. The van der Waals surface area contributed by atoms with Crippen molar-refractivity contribution in [3.05, 3.63) is 42.8 Å². The number of rotatable bonds is 4. The molecule has 3 rings (SSSR count). The van der Waals surface area contributed by atoms with Crippen molar-refractivity contribution in [2.45, 2.75) is 18.4 Å². The normalized spacial score (nSPS) is 12.9. The van der Waals surface area contributed by atoms with Gasteiger partial charge < -0.3 is 15.1 Å². The van der Waals surface area contributed by atoms with Gasteiger partial charge in [0.25, 0.3) is 0 Å². The molecule has 0 atom stereocenters. The molecular formula is C16H13ClN2O3S3. The summed E-state index contributed by atoms with van der Waals surface area (Å²) in [6.45, 7) is 2.41. The van der Waals surface area contributed by atoms with Crippen molar-refractivity contribution in [3.63, 3.8) is 0 Å². The maximum Gasteiger partial charge on any atom is 0.323 e. The maximum absolute atomic E-state index is 10.9. The molecule has 25 heavy (non-hydrogen) atoms. The van der Waals surface area contributed by atoms with Crippen LogP contribution in [0.1, 0.15) is 11.8 Å². The van der Waals surface area contributed by atoms with Gasteiger partial charge in [0, 0.05) is 22.5 Å². The van der Waals surface area contributed by atoms with Gasteiger partial charge in [-0.1, -0.05) is 29.1 Å². The van der Waals surface area contributed by atoms with Crippen LogP contribution in [0.5, 0.6) is 5.88 Å². The second-order valence-electron chi connectivity index (χ2n) is 5.09. The number of benzene rings is 1. The summed E-state index contributed by atoms with van der Waals surface area (Å²) in [6, 6.07) is 5.72. The van der Waals surface area contributed by atoms with Crippen molar-refractivity contribution in [2.75, 3.05) is 11.4 Å². The molecule has 1 aliphatic heterocycles. The molecule has 1 aromatic carbocycles. The van der Waals surface area contributed by atoms with E-state index in [9.17, 15) is 9.90 Å². The van der Waals surface area contributed by atoms with E-state index in [2.05, 4.69) is 10.6 Å². The number of aromatic nitrogens is 1. The number of thiazole rings is 1. The number of aromatic hydroxyl groups is 1. The molecule has 5 nitrogen and oxygen atoms in total. The minimum Gasteiger partial charge on any atom is -0.493 e. The van der Waals surface area contributed by atoms with Crippen LogP contribution in [0, 0.1) is 3.95 Å². The van der Waals surface area contributed by atoms with Gasteiger partial charge in [0.05, 0.1) is 10.6 Å². The average molecular weight is 413 g/mol. The van der Waals surface area contributed by atoms with Crippen LogP contribution in [-0.4, -0.2) is 27.3 Å². The second kappa shape index (κ2) is 7.27. The fourth-order valence-electron chi connectivity index (χ4n) is 2.39. The van der Waals surface area contributed by atoms with Gasteiger partial charge in [-0.3, -0.25) is 9.36 Å². The van der Waals surface area contributed by atoms with Gasteiger partial charge in [-0.05, 0) is 37.3 Å². The molecule has 9 heteroatoms. The zero-order chi connectivity index (χ0) is 18.1. The molecule has 0 aliphatic carbocycles. The first-order valence-corrected chi connectivity index (χ1v) is 9.68. The smallest absolute Gasteiger partial charge is 0.323 e. The summed E-state index contributed by atoms with van der Waals surface area (Å²) < 4.78 is 1.49. The quantitative estimate of drug-likeness (QED) is 0.555. The number of nitrogens with zero attached hydrogens (tertiary/aromatic N) is 2. The summed E-state index contributed by atoms with van der Waals surface area (Å²) >= 11 is 13.9. The van der Waals surface area contributed by atoms with Gasteiger partial charge in [0.15, 0.2) is 3.95 Å². The standard InChI is InChI=1S/C16H13ClN2O3S3/c1-2-18-10-7-9(17)3-4-11(10)24-13(18)6-5-12-15(22)19(8-14(20)21)16(23)25-12/h3-5,7,22H,2,8H2,1H3,(H,20,21). The number of aliphatic carboxylic acids is 1. The second-order valence-corrected chi connectivity index (χ2v) is 8.23. The van der Waals surface area contributed by atoms with E-state index in [0.717, 1.165) is 33.5 Å². The summed E-state index contributed by atoms with van der Waals surface area (Å²) in [5.41, 5.74) is 4.21. The van der Waals surface area contributed by atoms with Crippen molar-refractivity contribution in [2.24, 2.45) is 0 Å². The highest BCUT2D eigenvalue weighted by atomic mass is 35.5. The van der Waals surface area contributed by atoms with Crippen molar-refractivity contribution >= 4 is 64.7 Å². The van der Waals surface area contributed by atoms with E-state index in [1.54, 1.807) is 17.8 Å². The number of anilines is 1. The van der Waals surface area contributed by atoms with Crippen LogP contribution >= 0.6 is 46.9 Å². The van der Waals surface area contributed by atoms with Gasteiger partial charge >= 0.3 is 5.97 Å². The predicted octanol–water partition coefficient (Wildman–Crippen LogP) is 4.81. The summed E-state index contributed by atoms with van der Waals surface area (Å²) in [6.07, 6.45) is 1.63. The highest BCUT2D eigenvalue weighted by Gasteiger charge is 2.24. The number of thioether (sulfide) groups is 1. The van der Waals surface area contributed by atoms with Crippen LogP contribution in [0.4, 0.5) is 5.69 Å². The minimum atomic E-state index is -1.06. The first-order valence-electron chi connectivity index (χ1n) is 7.26. The summed E-state index contributed by atoms with van der Waals surface area (Å²) in [5.74, 6) is -1.22. The molecule has 2 N–H and O–H groups in total. The van der Waals surface area contributed by atoms with Gasteiger partial charge in [-0.25, -0.2) is 0 Å². The molecule has 0 spiro atoms. The lowest BCUT2D eigenvalue weighted by Crippen LogP contribution is -2.15. The molecule has 0 bridgehead atoms. The average Bonchev–Trinajstić information content (AvgIpc) is 3.03. The van der Waals surface area contributed by atoms with E-state index in [1.807, 2.05) is 25.1 Å². The third kappa shape index (κ3) is 3.63. The molecule has 0 radical (unpaired) electrons. The fraction of sp³-hybridized carbons (Fsp3) is 0.188. The Bertz CT molecular complexity index is 973. The lowest BCUT2D eigenvalue weighted by atomic mass is 10.3. The number of carboxylic acids is 1. The Balaban J connectivity index is 1.99. The lowest BCUT2D eigenvalue weighted by Gasteiger charge is -2.16. The topological polar surface area (TPSA) is 65.7 Å². The van der Waals surface area contributed by atoms with Crippen LogP contribution in [0.25, 0.3) is 6.08 Å². The van der Waals surface area contributed by atoms with Crippen molar-refractivity contribution in [1.29, 1.82) is 0 Å². The van der Waals surface area contributed by atoms with E-state index in [-0.39, 0.29) is 12.4 Å². The van der Waals surface area contributed by atoms with Gasteiger partial charge in [-0.15, -0.1) is 11.3 Å². The van der Waals surface area contributed by atoms with Gasteiger partial charge in [0.2, 0.25) is 5.88 Å². The van der Waals surface area contributed by atoms with Gasteiger partial charge in [-0.2, -0.15) is 0 Å². The Labute approximate surface area is 162 Å². The third-order valence-corrected chi connectivity index (χ3v) is 6.21. The summed E-state index contributed by atoms with van der Waals surface area (Å²) in [4.78, 5) is 14.5. The van der Waals surface area contributed by atoms with E-state index in [1.165, 1.54) is 4.57 Å². The number of carbonyl (C=O) groups is 1. The van der Waals surface area contributed by atoms with E-state index in [0.29, 0.717) is 13.9 Å². The minimum absolute atomic E-state index is 0.155. The first-order chi connectivity index (χ1) is 11.9. The van der Waals surface area contributed by atoms with E-state index in [4.69, 9.17) is 28.9 Å².